The highest BCUT2D eigenvalue weighted by molar-refractivity contribution is 7.98. The zero-order valence-electron chi connectivity index (χ0n) is 15.4. The van der Waals surface area contributed by atoms with Gasteiger partial charge < -0.3 is 15.4 Å². The van der Waals surface area contributed by atoms with E-state index < -0.39 is 18.1 Å². The van der Waals surface area contributed by atoms with Crippen molar-refractivity contribution in [1.29, 1.82) is 0 Å². The fraction of sp³-hybridized carbons (Fsp3) is 0.526. The van der Waals surface area contributed by atoms with Gasteiger partial charge in [0, 0.05) is 11.6 Å². The first-order valence-electron chi connectivity index (χ1n) is 8.78. The van der Waals surface area contributed by atoms with E-state index in [9.17, 15) is 14.4 Å². The van der Waals surface area contributed by atoms with Crippen molar-refractivity contribution in [1.82, 2.24) is 10.6 Å². The summed E-state index contributed by atoms with van der Waals surface area (Å²) in [6, 6.07) is 6.58. The Kier molecular flexibility index (Phi) is 7.50. The van der Waals surface area contributed by atoms with Gasteiger partial charge in [-0.25, -0.2) is 4.79 Å². The minimum absolute atomic E-state index is 0.206. The number of aryl methyl sites for hydroxylation is 1. The molecule has 2 rings (SSSR count). The number of hydrogen-bond donors (Lipinski definition) is 2. The monoisotopic (exact) mass is 378 g/mol. The molecule has 1 aromatic rings. The molecule has 0 radical (unpaired) electrons. The molecular weight excluding hydrogens is 352 g/mol. The number of carbonyl (C=O) groups excluding carboxylic acids is 3. The molecule has 1 fully saturated rings. The lowest BCUT2D eigenvalue weighted by atomic mass is 10.1. The van der Waals surface area contributed by atoms with Gasteiger partial charge in [-0.3, -0.25) is 9.59 Å². The summed E-state index contributed by atoms with van der Waals surface area (Å²) in [5.74, 6) is -0.518. The van der Waals surface area contributed by atoms with Crippen LogP contribution in [0.2, 0.25) is 0 Å². The lowest BCUT2D eigenvalue weighted by molar-refractivity contribution is -0.156. The van der Waals surface area contributed by atoms with Crippen molar-refractivity contribution < 1.29 is 19.1 Å². The molecule has 0 aliphatic heterocycles. The molecule has 1 aliphatic rings. The van der Waals surface area contributed by atoms with Gasteiger partial charge in [0.15, 0.2) is 6.10 Å². The molecule has 7 heteroatoms. The number of hydrogen-bond acceptors (Lipinski definition) is 5. The fourth-order valence-electron chi connectivity index (χ4n) is 2.37. The normalized spacial score (nSPS) is 15.7. The van der Waals surface area contributed by atoms with Crippen LogP contribution in [-0.4, -0.2) is 48.0 Å². The molecule has 142 valence electrons. The SMILES string of the molecule is CSCC[C@@H](NC(=O)c1cccc(C)c1)C(=O)O[C@@H](C)C(=O)NC1CC1. The summed E-state index contributed by atoms with van der Waals surface area (Å²) in [6.45, 7) is 3.44. The highest BCUT2D eigenvalue weighted by atomic mass is 32.2. The fourth-order valence-corrected chi connectivity index (χ4v) is 2.84. The number of esters is 1. The Hall–Kier alpha value is -2.02. The van der Waals surface area contributed by atoms with Gasteiger partial charge in [-0.1, -0.05) is 17.7 Å². The third-order valence-electron chi connectivity index (χ3n) is 4.07. The van der Waals surface area contributed by atoms with Crippen LogP contribution in [0.25, 0.3) is 0 Å². The lowest BCUT2D eigenvalue weighted by Crippen LogP contribution is -2.45. The van der Waals surface area contributed by atoms with Crippen molar-refractivity contribution in [3.05, 3.63) is 35.4 Å². The number of amides is 2. The maximum Gasteiger partial charge on any atom is 0.329 e. The Morgan fingerprint density at radius 1 is 1.31 bits per heavy atom. The van der Waals surface area contributed by atoms with Gasteiger partial charge in [-0.05, 0) is 57.3 Å². The second kappa shape index (κ2) is 9.62. The van der Waals surface area contributed by atoms with E-state index >= 15 is 0 Å². The molecule has 0 saturated heterocycles. The summed E-state index contributed by atoms with van der Waals surface area (Å²) in [6.07, 6.45) is 3.42. The Morgan fingerprint density at radius 3 is 2.65 bits per heavy atom. The Bertz CT molecular complexity index is 661. The van der Waals surface area contributed by atoms with Crippen molar-refractivity contribution in [3.8, 4) is 0 Å². The highest BCUT2D eigenvalue weighted by Crippen LogP contribution is 2.19. The minimum Gasteiger partial charge on any atom is -0.451 e. The zero-order valence-corrected chi connectivity index (χ0v) is 16.2. The van der Waals surface area contributed by atoms with Crippen LogP contribution in [0.3, 0.4) is 0 Å². The molecule has 26 heavy (non-hydrogen) atoms. The van der Waals surface area contributed by atoms with Gasteiger partial charge in [0.2, 0.25) is 0 Å². The minimum atomic E-state index is -0.879. The second-order valence-corrected chi connectivity index (χ2v) is 7.52. The number of ether oxygens (including phenoxy) is 1. The van der Waals surface area contributed by atoms with Crippen LogP contribution < -0.4 is 10.6 Å². The van der Waals surface area contributed by atoms with Crippen molar-refractivity contribution in [2.75, 3.05) is 12.0 Å². The first-order valence-corrected chi connectivity index (χ1v) is 10.2. The average molecular weight is 378 g/mol. The molecule has 1 aliphatic carbocycles. The first-order chi connectivity index (χ1) is 12.4. The van der Waals surface area contributed by atoms with Crippen LogP contribution in [-0.2, 0) is 14.3 Å². The smallest absolute Gasteiger partial charge is 0.329 e. The van der Waals surface area contributed by atoms with E-state index in [1.807, 2.05) is 19.2 Å². The molecule has 0 unspecified atom stereocenters. The van der Waals surface area contributed by atoms with Crippen LogP contribution in [0.4, 0.5) is 0 Å². The van der Waals surface area contributed by atoms with Crippen LogP contribution in [0, 0.1) is 6.92 Å². The number of thioether (sulfide) groups is 1. The Morgan fingerprint density at radius 2 is 2.04 bits per heavy atom. The van der Waals surface area contributed by atoms with E-state index in [1.54, 1.807) is 36.9 Å². The molecule has 0 heterocycles. The van der Waals surface area contributed by atoms with Crippen LogP contribution in [0.15, 0.2) is 24.3 Å². The molecule has 2 amide bonds. The number of carbonyl (C=O) groups is 3. The first kappa shape index (κ1) is 20.3. The van der Waals surface area contributed by atoms with Gasteiger partial charge in [-0.2, -0.15) is 11.8 Å². The van der Waals surface area contributed by atoms with Crippen molar-refractivity contribution in [2.24, 2.45) is 0 Å². The molecule has 0 bridgehead atoms. The van der Waals surface area contributed by atoms with E-state index in [0.717, 1.165) is 18.4 Å². The van der Waals surface area contributed by atoms with E-state index in [1.165, 1.54) is 0 Å². The maximum absolute atomic E-state index is 12.5. The van der Waals surface area contributed by atoms with Crippen LogP contribution in [0.5, 0.6) is 0 Å². The molecule has 0 aromatic heterocycles. The summed E-state index contributed by atoms with van der Waals surface area (Å²) >= 11 is 1.58. The molecule has 1 aromatic carbocycles. The topological polar surface area (TPSA) is 84.5 Å². The molecule has 6 nitrogen and oxygen atoms in total. The predicted octanol–water partition coefficient (Wildman–Crippen LogP) is 2.06. The van der Waals surface area contributed by atoms with Crippen LogP contribution >= 0.6 is 11.8 Å². The maximum atomic E-state index is 12.5. The van der Waals surface area contributed by atoms with Crippen LogP contribution in [0.1, 0.15) is 42.1 Å². The molecule has 2 atom stereocenters. The van der Waals surface area contributed by atoms with Gasteiger partial charge in [-0.15, -0.1) is 0 Å². The number of nitrogens with one attached hydrogen (secondary N) is 2. The average Bonchev–Trinajstić information content (AvgIpc) is 3.42. The van der Waals surface area contributed by atoms with Crippen molar-refractivity contribution in [3.63, 3.8) is 0 Å². The lowest BCUT2D eigenvalue weighted by Gasteiger charge is -2.20. The second-order valence-electron chi connectivity index (χ2n) is 6.54. The highest BCUT2D eigenvalue weighted by Gasteiger charge is 2.29. The summed E-state index contributed by atoms with van der Waals surface area (Å²) in [5.41, 5.74) is 1.46. The van der Waals surface area contributed by atoms with E-state index in [4.69, 9.17) is 4.74 Å². The molecule has 0 spiro atoms. The number of rotatable bonds is 9. The van der Waals surface area contributed by atoms with Gasteiger partial charge >= 0.3 is 5.97 Å². The summed E-state index contributed by atoms with van der Waals surface area (Å²) in [5, 5.41) is 5.54. The van der Waals surface area contributed by atoms with E-state index in [0.29, 0.717) is 17.7 Å². The van der Waals surface area contributed by atoms with E-state index in [-0.39, 0.29) is 17.9 Å². The van der Waals surface area contributed by atoms with Gasteiger partial charge in [0.1, 0.15) is 6.04 Å². The Labute approximate surface area is 158 Å². The summed E-state index contributed by atoms with van der Waals surface area (Å²) in [7, 11) is 0. The van der Waals surface area contributed by atoms with Crippen molar-refractivity contribution >= 4 is 29.5 Å². The Balaban J connectivity index is 1.96. The standard InChI is InChI=1S/C19H26N2O4S/c1-12-5-4-6-14(11-12)18(23)21-16(9-10-26-3)19(24)25-13(2)17(22)20-15-7-8-15/h4-6,11,13,15-16H,7-10H2,1-3H3,(H,20,22)(H,21,23)/t13-,16+/m0/s1. The van der Waals surface area contributed by atoms with Gasteiger partial charge in [0.25, 0.3) is 11.8 Å². The molecular formula is C19H26N2O4S. The third kappa shape index (κ3) is 6.37. The van der Waals surface area contributed by atoms with Crippen molar-refractivity contribution in [2.45, 2.75) is 51.3 Å². The number of benzene rings is 1. The summed E-state index contributed by atoms with van der Waals surface area (Å²) in [4.78, 5) is 36.9. The zero-order chi connectivity index (χ0) is 19.1. The largest absolute Gasteiger partial charge is 0.451 e. The van der Waals surface area contributed by atoms with E-state index in [2.05, 4.69) is 10.6 Å². The predicted molar refractivity (Wildman–Crippen MR) is 102 cm³/mol. The molecule has 1 saturated carbocycles. The molecule has 2 N–H and O–H groups in total. The quantitative estimate of drug-likeness (QED) is 0.643. The third-order valence-corrected chi connectivity index (χ3v) is 4.71. The van der Waals surface area contributed by atoms with Gasteiger partial charge in [0.05, 0.1) is 0 Å². The summed E-state index contributed by atoms with van der Waals surface area (Å²) < 4.78 is 5.29.